The Kier molecular flexibility index (Phi) is 7.10. The molecular weight excluding hydrogens is 364 g/mol. The first-order chi connectivity index (χ1) is 13.1. The fourth-order valence-corrected chi connectivity index (χ4v) is 3.38. The molecule has 0 aliphatic carbocycles. The largest absolute Gasteiger partial charge is 0.484 e. The number of amides is 1. The first-order valence-electron chi connectivity index (χ1n) is 9.16. The Morgan fingerprint density at radius 3 is 2.59 bits per heavy atom. The molecule has 1 heterocycles. The Bertz CT molecular complexity index is 745. The second kappa shape index (κ2) is 9.74. The summed E-state index contributed by atoms with van der Waals surface area (Å²) in [6, 6.07) is 15.4. The SMILES string of the molecule is Cc1ccc(OCC(=O)NCC(c2ccccc2Cl)N2CCOCC2)cc1. The number of ether oxygens (including phenoxy) is 2. The van der Waals surface area contributed by atoms with Gasteiger partial charge in [-0.15, -0.1) is 0 Å². The molecule has 1 amide bonds. The lowest BCUT2D eigenvalue weighted by atomic mass is 10.0. The molecule has 3 rings (SSSR count). The van der Waals surface area contributed by atoms with Gasteiger partial charge >= 0.3 is 0 Å². The third-order valence-electron chi connectivity index (χ3n) is 4.63. The van der Waals surface area contributed by atoms with Crippen LogP contribution in [0.5, 0.6) is 5.75 Å². The zero-order chi connectivity index (χ0) is 19.1. The minimum Gasteiger partial charge on any atom is -0.484 e. The highest BCUT2D eigenvalue weighted by Crippen LogP contribution is 2.27. The van der Waals surface area contributed by atoms with E-state index in [2.05, 4.69) is 10.2 Å². The number of nitrogens with zero attached hydrogens (tertiary/aromatic N) is 1. The molecule has 1 saturated heterocycles. The van der Waals surface area contributed by atoms with Crippen molar-refractivity contribution >= 4 is 17.5 Å². The number of benzene rings is 2. The van der Waals surface area contributed by atoms with Gasteiger partial charge in [0.05, 0.1) is 19.3 Å². The van der Waals surface area contributed by atoms with E-state index in [4.69, 9.17) is 21.1 Å². The maximum atomic E-state index is 12.3. The second-order valence-corrected chi connectivity index (χ2v) is 7.00. The van der Waals surface area contributed by atoms with Gasteiger partial charge in [0.1, 0.15) is 5.75 Å². The van der Waals surface area contributed by atoms with Gasteiger partial charge in [-0.05, 0) is 30.7 Å². The molecule has 5 nitrogen and oxygen atoms in total. The summed E-state index contributed by atoms with van der Waals surface area (Å²) < 4.78 is 11.0. The van der Waals surface area contributed by atoms with E-state index < -0.39 is 0 Å². The number of halogens is 1. The Labute approximate surface area is 165 Å². The standard InChI is InChI=1S/C21H25ClN2O3/c1-16-6-8-17(9-7-16)27-15-21(25)23-14-20(24-10-12-26-13-11-24)18-4-2-3-5-19(18)22/h2-9,20H,10-15H2,1H3,(H,23,25). The smallest absolute Gasteiger partial charge is 0.258 e. The van der Waals surface area contributed by atoms with Crippen LogP contribution in [0.3, 0.4) is 0 Å². The summed E-state index contributed by atoms with van der Waals surface area (Å²) in [5, 5.41) is 3.69. The maximum Gasteiger partial charge on any atom is 0.258 e. The van der Waals surface area contributed by atoms with E-state index in [0.29, 0.717) is 30.5 Å². The van der Waals surface area contributed by atoms with E-state index in [9.17, 15) is 4.79 Å². The van der Waals surface area contributed by atoms with Gasteiger partial charge in [-0.25, -0.2) is 0 Å². The topological polar surface area (TPSA) is 50.8 Å². The number of carbonyl (C=O) groups excluding carboxylic acids is 1. The lowest BCUT2D eigenvalue weighted by molar-refractivity contribution is -0.123. The van der Waals surface area contributed by atoms with Crippen LogP contribution in [0, 0.1) is 6.92 Å². The van der Waals surface area contributed by atoms with E-state index >= 15 is 0 Å². The summed E-state index contributed by atoms with van der Waals surface area (Å²) in [6.45, 7) is 5.46. The van der Waals surface area contributed by atoms with Gasteiger partial charge in [0, 0.05) is 24.7 Å². The summed E-state index contributed by atoms with van der Waals surface area (Å²) in [5.74, 6) is 0.535. The Morgan fingerprint density at radius 2 is 1.89 bits per heavy atom. The molecule has 6 heteroatoms. The van der Waals surface area contributed by atoms with Crippen LogP contribution in [0.2, 0.25) is 5.02 Å². The van der Waals surface area contributed by atoms with Crippen molar-refractivity contribution in [2.75, 3.05) is 39.5 Å². The zero-order valence-corrected chi connectivity index (χ0v) is 16.2. The molecule has 1 fully saturated rings. The number of hydrogen-bond acceptors (Lipinski definition) is 4. The molecular formula is C21H25ClN2O3. The van der Waals surface area contributed by atoms with Crippen LogP contribution < -0.4 is 10.1 Å². The minimum absolute atomic E-state index is 0.00549. The van der Waals surface area contributed by atoms with Crippen molar-refractivity contribution < 1.29 is 14.3 Å². The Hall–Kier alpha value is -2.08. The fraction of sp³-hybridized carbons (Fsp3) is 0.381. The van der Waals surface area contributed by atoms with Crippen LogP contribution in [0.15, 0.2) is 48.5 Å². The summed E-state index contributed by atoms with van der Waals surface area (Å²) in [5.41, 5.74) is 2.17. The van der Waals surface area contributed by atoms with Crippen LogP contribution in [0.4, 0.5) is 0 Å². The van der Waals surface area contributed by atoms with Gasteiger partial charge in [0.15, 0.2) is 6.61 Å². The molecule has 1 aliphatic heterocycles. The summed E-state index contributed by atoms with van der Waals surface area (Å²) in [7, 11) is 0. The van der Waals surface area contributed by atoms with Crippen LogP contribution in [-0.2, 0) is 9.53 Å². The molecule has 1 atom stereocenters. The Balaban J connectivity index is 1.59. The second-order valence-electron chi connectivity index (χ2n) is 6.59. The Morgan fingerprint density at radius 1 is 1.19 bits per heavy atom. The molecule has 1 N–H and O–H groups in total. The van der Waals surface area contributed by atoms with E-state index in [-0.39, 0.29) is 18.6 Å². The van der Waals surface area contributed by atoms with Crippen LogP contribution in [-0.4, -0.2) is 50.3 Å². The third kappa shape index (κ3) is 5.70. The minimum atomic E-state index is -0.152. The third-order valence-corrected chi connectivity index (χ3v) is 4.98. The lowest BCUT2D eigenvalue weighted by Crippen LogP contribution is -2.44. The van der Waals surface area contributed by atoms with Gasteiger partial charge in [-0.1, -0.05) is 47.5 Å². The number of hydrogen-bond donors (Lipinski definition) is 1. The quantitative estimate of drug-likeness (QED) is 0.791. The molecule has 27 heavy (non-hydrogen) atoms. The first-order valence-corrected chi connectivity index (χ1v) is 9.53. The maximum absolute atomic E-state index is 12.3. The molecule has 2 aromatic carbocycles. The van der Waals surface area contributed by atoms with Gasteiger partial charge in [0.2, 0.25) is 0 Å². The number of aryl methyl sites for hydroxylation is 1. The lowest BCUT2D eigenvalue weighted by Gasteiger charge is -2.35. The molecule has 1 aliphatic rings. The van der Waals surface area contributed by atoms with Gasteiger partial charge < -0.3 is 14.8 Å². The number of nitrogens with one attached hydrogen (secondary N) is 1. The van der Waals surface area contributed by atoms with Crippen LogP contribution in [0.1, 0.15) is 17.2 Å². The summed E-state index contributed by atoms with van der Waals surface area (Å²) >= 11 is 6.41. The average Bonchev–Trinajstić information content (AvgIpc) is 2.70. The predicted octanol–water partition coefficient (Wildman–Crippen LogP) is 3.22. The first kappa shape index (κ1) is 19.7. The normalized spacial score (nSPS) is 15.9. The van der Waals surface area contributed by atoms with Crippen LogP contribution >= 0.6 is 11.6 Å². The molecule has 144 valence electrons. The molecule has 0 bridgehead atoms. The van der Waals surface area contributed by atoms with Crippen molar-refractivity contribution in [3.05, 3.63) is 64.7 Å². The molecule has 0 spiro atoms. The van der Waals surface area contributed by atoms with Crippen LogP contribution in [0.25, 0.3) is 0 Å². The summed E-state index contributed by atoms with van der Waals surface area (Å²) in [6.07, 6.45) is 0. The number of rotatable bonds is 7. The number of carbonyl (C=O) groups is 1. The molecule has 0 aromatic heterocycles. The van der Waals surface area contributed by atoms with Gasteiger partial charge in [-0.3, -0.25) is 9.69 Å². The fourth-order valence-electron chi connectivity index (χ4n) is 3.12. The highest BCUT2D eigenvalue weighted by Gasteiger charge is 2.24. The number of morpholine rings is 1. The van der Waals surface area contributed by atoms with E-state index in [0.717, 1.165) is 24.2 Å². The highest BCUT2D eigenvalue weighted by atomic mass is 35.5. The van der Waals surface area contributed by atoms with Crippen molar-refractivity contribution in [2.45, 2.75) is 13.0 Å². The average molecular weight is 389 g/mol. The van der Waals surface area contributed by atoms with Crippen molar-refractivity contribution in [2.24, 2.45) is 0 Å². The predicted molar refractivity (Wildman–Crippen MR) is 106 cm³/mol. The van der Waals surface area contributed by atoms with E-state index in [1.807, 2.05) is 55.5 Å². The molecule has 0 saturated carbocycles. The highest BCUT2D eigenvalue weighted by molar-refractivity contribution is 6.31. The molecule has 1 unspecified atom stereocenters. The van der Waals surface area contributed by atoms with Crippen molar-refractivity contribution in [1.29, 1.82) is 0 Å². The summed E-state index contributed by atoms with van der Waals surface area (Å²) in [4.78, 5) is 14.6. The molecule has 0 radical (unpaired) electrons. The van der Waals surface area contributed by atoms with Gasteiger partial charge in [0.25, 0.3) is 5.91 Å². The van der Waals surface area contributed by atoms with Crippen molar-refractivity contribution in [3.8, 4) is 5.75 Å². The monoisotopic (exact) mass is 388 g/mol. The molecule has 2 aromatic rings. The van der Waals surface area contributed by atoms with Crippen molar-refractivity contribution in [3.63, 3.8) is 0 Å². The van der Waals surface area contributed by atoms with Gasteiger partial charge in [-0.2, -0.15) is 0 Å². The zero-order valence-electron chi connectivity index (χ0n) is 15.5. The van der Waals surface area contributed by atoms with E-state index in [1.54, 1.807) is 0 Å². The van der Waals surface area contributed by atoms with E-state index in [1.165, 1.54) is 0 Å². The van der Waals surface area contributed by atoms with Crippen molar-refractivity contribution in [1.82, 2.24) is 10.2 Å².